The molecule has 776 valence electrons. The second kappa shape index (κ2) is 62.6. The molecule has 0 spiro atoms. The van der Waals surface area contributed by atoms with Crippen LogP contribution in [0.2, 0.25) is 0 Å². The highest BCUT2D eigenvalue weighted by atomic mass is 32.1. The third-order valence-electron chi connectivity index (χ3n) is 22.6. The monoisotopic (exact) mass is 2010 g/mol. The van der Waals surface area contributed by atoms with Crippen molar-refractivity contribution in [1.29, 1.82) is 21.6 Å². The van der Waals surface area contributed by atoms with Crippen molar-refractivity contribution >= 4 is 155 Å². The molecule has 0 radical (unpaired) electrons. The van der Waals surface area contributed by atoms with Crippen molar-refractivity contribution in [3.8, 4) is 11.5 Å². The number of fused-ring (bicyclic) bond motifs is 1. The fourth-order valence-corrected chi connectivity index (χ4v) is 15.5. The number of primary amides is 1. The fourth-order valence-electron chi connectivity index (χ4n) is 15.0. The summed E-state index contributed by atoms with van der Waals surface area (Å²) in [4.78, 5) is 228. The number of carboxylic acid groups (broad SMARTS) is 2. The SMILES string of the molecule is N=C(N)NCCC[C@H](NC(=O)[C@H](CS)NC(=O)[C@H](CCCNC(N)=O)NC(=O)[C@H](CCCNC(=N)N)NC(=O)[C@H](Cc1ccc(O)cc1)NC(=O)[C@@H]1CCCN1C(=O)[C@@H](CCCCN)NC(=O)[C@H](CCCCN)NC(=O)[C@H](CCCNC(=N)N)NC(=O)[C@H](Cc1ccc(O)cc1)NC(=O)[C@H](CS)NC(=O)[C@H](Cc1ccc2ccccc2c1)NC(=O)[C@H](CCCNC(=N)N)NC(=O)[C@H](N)CCC(=O)O)C(=O)O. The van der Waals surface area contributed by atoms with E-state index in [0.29, 0.717) is 29.5 Å². The van der Waals surface area contributed by atoms with Crippen LogP contribution >= 0.6 is 25.3 Å². The van der Waals surface area contributed by atoms with Crippen LogP contribution in [0.25, 0.3) is 10.8 Å². The molecule has 41 N–H and O–H groups in total. The Labute approximate surface area is 825 Å². The van der Waals surface area contributed by atoms with Crippen molar-refractivity contribution in [2.75, 3.05) is 63.9 Å². The lowest BCUT2D eigenvalue weighted by molar-refractivity contribution is -0.143. The molecule has 0 unspecified atom stereocenters. The lowest BCUT2D eigenvalue weighted by atomic mass is 10.00. The number of guanidine groups is 4. The minimum absolute atomic E-state index is 0.00104. The quantitative estimate of drug-likeness (QED) is 0.00847. The number of nitrogens with one attached hydrogen (secondary N) is 21. The van der Waals surface area contributed by atoms with E-state index in [1.165, 1.54) is 53.4 Å². The Morgan fingerprint density at radius 1 is 0.362 bits per heavy atom. The third kappa shape index (κ3) is 43.8. The Hall–Kier alpha value is -14.3. The molecular formula is C89H138N30O20S2. The van der Waals surface area contributed by atoms with E-state index in [1.54, 1.807) is 24.3 Å². The predicted octanol–water partition coefficient (Wildman–Crippen LogP) is -6.02. The number of hydrogen-bond acceptors (Lipinski definition) is 27. The number of aromatic hydroxyl groups is 2. The van der Waals surface area contributed by atoms with Crippen molar-refractivity contribution in [1.82, 2.24) is 95.3 Å². The van der Waals surface area contributed by atoms with Gasteiger partial charge in [0.25, 0.3) is 0 Å². The fraction of sp³-hybridized carbons (Fsp3) is 0.528. The van der Waals surface area contributed by atoms with Gasteiger partial charge in [-0.3, -0.25) is 88.8 Å². The molecule has 14 atom stereocenters. The van der Waals surface area contributed by atoms with Crippen LogP contribution in [0, 0.1) is 21.6 Å². The van der Waals surface area contributed by atoms with Crippen LogP contribution < -0.4 is 136 Å². The van der Waals surface area contributed by atoms with Gasteiger partial charge in [-0.05, 0) is 187 Å². The standard InChI is InChI=1S/C89H138N30O20S2/c90-35-5-3-15-57(108-72(125)59(18-8-38-103-86(95)96)110-77(130)64(44-49-24-29-54(120)30-25-49)115-81(134)68(48-141)118-79(132)66(46-51-23-28-52-13-1-2-14-53(52)43-51)114-75(128)58(17-7-37-102-85(93)94)107-71(124)56(92)33-34-70(122)123)74(127)112-62(16-4-6-36-91)83(136)119-42-12-22-69(119)82(135)116-65(45-50-26-31-55(121)32-27-50)78(131)111-60(19-9-39-104-87(97)98)73(126)109-61(20-10-41-106-89(101)139)76(129)117-67(47-140)80(133)113-63(84(137)138)21-11-40-105-88(99)100/h1-2,13-14,23-32,43,56-69,120-121,140-141H,3-12,15-22,33-42,44-48,90-92H2,(H,107,124)(H,108,125)(H,109,126)(H,110,130)(H,111,131)(H,112,127)(H,113,133)(H,114,128)(H,115,134)(H,116,135)(H,117,129)(H,118,132)(H,122,123)(H,137,138)(H4,93,94,102)(H4,95,96,103)(H4,97,98,104)(H4,99,100,105)(H3,101,106,139)/t56-,57+,58+,59+,60+,61+,62-,63+,64+,65+,66+,67+,68+,69+/m1/s1. The van der Waals surface area contributed by atoms with Gasteiger partial charge in [0.05, 0.1) is 6.04 Å². The van der Waals surface area contributed by atoms with Crippen molar-refractivity contribution < 1.29 is 97.1 Å². The molecule has 4 aromatic carbocycles. The number of phenolic OH excluding ortho intramolecular Hbond substituents is 2. The summed E-state index contributed by atoms with van der Waals surface area (Å²) in [6, 6.07) is 1.39. The topological polar surface area (TPSA) is 865 Å². The summed E-state index contributed by atoms with van der Waals surface area (Å²) in [6.07, 6.45) is -1.39. The second-order valence-electron chi connectivity index (χ2n) is 33.7. The smallest absolute Gasteiger partial charge is 0.326 e. The van der Waals surface area contributed by atoms with Gasteiger partial charge in [0, 0.05) is 76.5 Å². The third-order valence-corrected chi connectivity index (χ3v) is 23.3. The van der Waals surface area contributed by atoms with Crippen molar-refractivity contribution in [3.63, 3.8) is 0 Å². The second-order valence-corrected chi connectivity index (χ2v) is 34.5. The van der Waals surface area contributed by atoms with E-state index in [0.717, 1.165) is 10.8 Å². The minimum atomic E-state index is -1.65. The summed E-state index contributed by atoms with van der Waals surface area (Å²) in [6.45, 7) is 0.145. The molecule has 4 aromatic rings. The summed E-state index contributed by atoms with van der Waals surface area (Å²) in [5, 5.41) is 116. The molecule has 0 bridgehead atoms. The Morgan fingerprint density at radius 2 is 0.674 bits per heavy atom. The molecule has 141 heavy (non-hydrogen) atoms. The van der Waals surface area contributed by atoms with Crippen LogP contribution in [0.15, 0.2) is 91.0 Å². The maximum absolute atomic E-state index is 15.4. The predicted molar refractivity (Wildman–Crippen MR) is 529 cm³/mol. The van der Waals surface area contributed by atoms with E-state index in [-0.39, 0.29) is 204 Å². The highest BCUT2D eigenvalue weighted by Crippen LogP contribution is 2.24. The van der Waals surface area contributed by atoms with E-state index in [9.17, 15) is 68.4 Å². The lowest BCUT2D eigenvalue weighted by Crippen LogP contribution is -2.61. The summed E-state index contributed by atoms with van der Waals surface area (Å²) in [7, 11) is 0. The largest absolute Gasteiger partial charge is 0.508 e. The first-order valence-corrected chi connectivity index (χ1v) is 47.6. The first-order valence-electron chi connectivity index (χ1n) is 46.3. The number of carbonyl (C=O) groups excluding carboxylic acids is 14. The molecular weight excluding hydrogens is 1870 g/mol. The molecule has 0 aromatic heterocycles. The molecule has 1 heterocycles. The van der Waals surface area contributed by atoms with Crippen LogP contribution in [0.3, 0.4) is 0 Å². The number of carbonyl (C=O) groups is 16. The van der Waals surface area contributed by atoms with Crippen LogP contribution in [0.4, 0.5) is 4.79 Å². The van der Waals surface area contributed by atoms with E-state index >= 15 is 28.8 Å². The molecule has 5 rings (SSSR count). The van der Waals surface area contributed by atoms with Gasteiger partial charge in [-0.15, -0.1) is 0 Å². The molecule has 1 saturated heterocycles. The summed E-state index contributed by atoms with van der Waals surface area (Å²) in [5.74, 6) is -17.8. The number of nitrogens with zero attached hydrogens (tertiary/aromatic N) is 1. The van der Waals surface area contributed by atoms with Crippen molar-refractivity contribution in [2.45, 2.75) is 232 Å². The number of nitrogens with two attached hydrogens (primary N) is 8. The molecule has 0 aliphatic carbocycles. The summed E-state index contributed by atoms with van der Waals surface area (Å²) < 4.78 is 0. The lowest BCUT2D eigenvalue weighted by Gasteiger charge is -2.31. The van der Waals surface area contributed by atoms with Gasteiger partial charge in [-0.25, -0.2) is 9.59 Å². The van der Waals surface area contributed by atoms with Crippen LogP contribution in [-0.2, 0) is 91.2 Å². The van der Waals surface area contributed by atoms with E-state index in [4.69, 9.17) is 67.5 Å². The van der Waals surface area contributed by atoms with Crippen LogP contribution in [-0.4, -0.2) is 292 Å². The van der Waals surface area contributed by atoms with Gasteiger partial charge in [-0.1, -0.05) is 66.7 Å². The number of likely N-dealkylation sites (tertiary alicyclic amines) is 1. The molecule has 1 fully saturated rings. The molecule has 50 nitrogen and oxygen atoms in total. The Kier molecular flexibility index (Phi) is 52.1. The number of hydrogen-bond donors (Lipinski definition) is 35. The number of phenols is 2. The van der Waals surface area contributed by atoms with Crippen LogP contribution in [0.1, 0.15) is 145 Å². The zero-order valence-corrected chi connectivity index (χ0v) is 80.1. The van der Waals surface area contributed by atoms with Gasteiger partial charge in [0.2, 0.25) is 76.8 Å². The number of aliphatic carboxylic acids is 2. The summed E-state index contributed by atoms with van der Waals surface area (Å²) in [5.41, 5.74) is 46.6. The van der Waals surface area contributed by atoms with Gasteiger partial charge in [-0.2, -0.15) is 25.3 Å². The van der Waals surface area contributed by atoms with Gasteiger partial charge in [0.1, 0.15) is 90.0 Å². The normalized spacial score (nSPS) is 14.8. The number of amides is 15. The van der Waals surface area contributed by atoms with E-state index in [2.05, 4.69) is 116 Å². The van der Waals surface area contributed by atoms with Crippen LogP contribution in [0.5, 0.6) is 11.5 Å². The molecule has 0 saturated carbocycles. The van der Waals surface area contributed by atoms with E-state index in [1.807, 2.05) is 18.2 Å². The highest BCUT2D eigenvalue weighted by Gasteiger charge is 2.42. The number of unbranched alkanes of at least 4 members (excludes halogenated alkanes) is 2. The maximum atomic E-state index is 15.4. The Balaban J connectivity index is 1.47. The molecule has 1 aliphatic rings. The highest BCUT2D eigenvalue weighted by molar-refractivity contribution is 7.80. The number of rotatable bonds is 65. The number of carboxylic acids is 2. The average molecular weight is 2010 g/mol. The molecule has 52 heteroatoms. The van der Waals surface area contributed by atoms with Gasteiger partial charge in [0.15, 0.2) is 23.8 Å². The maximum Gasteiger partial charge on any atom is 0.326 e. The van der Waals surface area contributed by atoms with Gasteiger partial charge < -0.3 is 162 Å². The Bertz CT molecular complexity index is 4900. The Morgan fingerprint density at radius 3 is 1.05 bits per heavy atom. The summed E-state index contributed by atoms with van der Waals surface area (Å²) >= 11 is 8.66. The number of urea groups is 1. The number of benzene rings is 4. The van der Waals surface area contributed by atoms with Crippen molar-refractivity contribution in [2.24, 2.45) is 45.9 Å². The zero-order valence-electron chi connectivity index (χ0n) is 78.4. The first kappa shape index (κ1) is 117. The zero-order chi connectivity index (χ0) is 104. The molecule has 1 aliphatic heterocycles. The average Bonchev–Trinajstić information content (AvgIpc) is 1.28. The van der Waals surface area contributed by atoms with E-state index < -0.39 is 209 Å². The number of thiol groups is 2. The minimum Gasteiger partial charge on any atom is -0.508 e. The first-order chi connectivity index (χ1) is 67.1. The van der Waals surface area contributed by atoms with Gasteiger partial charge >= 0.3 is 18.0 Å². The van der Waals surface area contributed by atoms with Crippen molar-refractivity contribution in [3.05, 3.63) is 108 Å². The molecule has 15 amide bonds.